The number of rotatable bonds is 5. The molecule has 0 radical (unpaired) electrons. The number of aliphatic hydroxyl groups is 1. The predicted octanol–water partition coefficient (Wildman–Crippen LogP) is -0.147. The lowest BCUT2D eigenvalue weighted by Crippen LogP contribution is -2.31. The van der Waals surface area contributed by atoms with E-state index in [9.17, 15) is 0 Å². The van der Waals surface area contributed by atoms with E-state index in [0.29, 0.717) is 6.04 Å². The van der Waals surface area contributed by atoms with Crippen molar-refractivity contribution >= 4 is 0 Å². The zero-order valence-electron chi connectivity index (χ0n) is 7.27. The van der Waals surface area contributed by atoms with Crippen molar-refractivity contribution in [1.82, 2.24) is 15.1 Å². The molecule has 2 N–H and O–H groups in total. The van der Waals surface area contributed by atoms with Crippen molar-refractivity contribution in [2.24, 2.45) is 0 Å². The minimum atomic E-state index is 0.215. The van der Waals surface area contributed by atoms with Crippen LogP contribution in [-0.2, 0) is 6.54 Å². The summed E-state index contributed by atoms with van der Waals surface area (Å²) in [6.45, 7) is 1.02. The molecule has 1 heterocycles. The second-order valence-corrected chi connectivity index (χ2v) is 2.73. The van der Waals surface area contributed by atoms with Crippen LogP contribution < -0.4 is 5.32 Å². The average molecular weight is 169 g/mol. The first-order valence-electron chi connectivity index (χ1n) is 4.12. The van der Waals surface area contributed by atoms with Gasteiger partial charge in [-0.2, -0.15) is 5.10 Å². The van der Waals surface area contributed by atoms with Gasteiger partial charge in [0, 0.05) is 25.0 Å². The van der Waals surface area contributed by atoms with Crippen LogP contribution in [0.3, 0.4) is 0 Å². The van der Waals surface area contributed by atoms with Crippen LogP contribution in [0.4, 0.5) is 0 Å². The molecule has 4 heteroatoms. The van der Waals surface area contributed by atoms with E-state index in [-0.39, 0.29) is 6.61 Å². The van der Waals surface area contributed by atoms with Gasteiger partial charge >= 0.3 is 0 Å². The molecular formula is C8H15N3O. The fourth-order valence-corrected chi connectivity index (χ4v) is 1.12. The second kappa shape index (κ2) is 4.90. The van der Waals surface area contributed by atoms with Crippen LogP contribution in [0.1, 0.15) is 6.42 Å². The number of aromatic nitrogens is 2. The van der Waals surface area contributed by atoms with Crippen molar-refractivity contribution in [3.63, 3.8) is 0 Å². The Kier molecular flexibility index (Phi) is 3.76. The van der Waals surface area contributed by atoms with Crippen LogP contribution in [0.15, 0.2) is 18.5 Å². The van der Waals surface area contributed by atoms with Gasteiger partial charge in [0.2, 0.25) is 0 Å². The second-order valence-electron chi connectivity index (χ2n) is 2.73. The van der Waals surface area contributed by atoms with Crippen LogP contribution >= 0.6 is 0 Å². The Bertz CT molecular complexity index is 198. The molecule has 1 unspecified atom stereocenters. The summed E-state index contributed by atoms with van der Waals surface area (Å²) >= 11 is 0. The molecule has 0 fully saturated rings. The molecule has 1 aromatic rings. The lowest BCUT2D eigenvalue weighted by Gasteiger charge is -2.14. The van der Waals surface area contributed by atoms with Gasteiger partial charge in [-0.1, -0.05) is 0 Å². The molecule has 0 aliphatic heterocycles. The normalized spacial score (nSPS) is 13.2. The summed E-state index contributed by atoms with van der Waals surface area (Å²) in [4.78, 5) is 0. The van der Waals surface area contributed by atoms with Gasteiger partial charge in [0.1, 0.15) is 0 Å². The minimum Gasteiger partial charge on any atom is -0.396 e. The highest BCUT2D eigenvalue weighted by Gasteiger charge is 2.05. The molecule has 0 spiro atoms. The third kappa shape index (κ3) is 2.64. The first-order chi connectivity index (χ1) is 5.86. The maximum Gasteiger partial charge on any atom is 0.0563 e. The monoisotopic (exact) mass is 169 g/mol. The molecule has 1 aromatic heterocycles. The van der Waals surface area contributed by atoms with Crippen LogP contribution in [0, 0.1) is 0 Å². The Morgan fingerprint density at radius 1 is 1.67 bits per heavy atom. The van der Waals surface area contributed by atoms with E-state index in [1.807, 2.05) is 24.0 Å². The third-order valence-electron chi connectivity index (χ3n) is 1.85. The summed E-state index contributed by atoms with van der Waals surface area (Å²) in [5.74, 6) is 0. The van der Waals surface area contributed by atoms with Crippen molar-refractivity contribution < 1.29 is 5.11 Å². The van der Waals surface area contributed by atoms with E-state index in [0.717, 1.165) is 13.0 Å². The Hall–Kier alpha value is -0.870. The summed E-state index contributed by atoms with van der Waals surface area (Å²) in [7, 11) is 1.89. The minimum absolute atomic E-state index is 0.215. The number of nitrogens with zero attached hydrogens (tertiary/aromatic N) is 2. The van der Waals surface area contributed by atoms with Gasteiger partial charge in [-0.15, -0.1) is 0 Å². The third-order valence-corrected chi connectivity index (χ3v) is 1.85. The summed E-state index contributed by atoms with van der Waals surface area (Å²) in [5, 5.41) is 15.9. The molecule has 0 saturated heterocycles. The van der Waals surface area contributed by atoms with Gasteiger partial charge in [0.15, 0.2) is 0 Å². The SMILES string of the molecule is CNC(CCO)Cn1cccn1. The number of hydrogen-bond acceptors (Lipinski definition) is 3. The maximum atomic E-state index is 8.73. The lowest BCUT2D eigenvalue weighted by atomic mass is 10.2. The van der Waals surface area contributed by atoms with E-state index >= 15 is 0 Å². The quantitative estimate of drug-likeness (QED) is 0.644. The molecule has 0 aromatic carbocycles. The van der Waals surface area contributed by atoms with E-state index in [2.05, 4.69) is 10.4 Å². The van der Waals surface area contributed by atoms with Crippen molar-refractivity contribution in [2.45, 2.75) is 19.0 Å². The molecule has 1 atom stereocenters. The van der Waals surface area contributed by atoms with Gasteiger partial charge < -0.3 is 10.4 Å². The van der Waals surface area contributed by atoms with Crippen molar-refractivity contribution in [1.29, 1.82) is 0 Å². The van der Waals surface area contributed by atoms with E-state index in [1.165, 1.54) is 0 Å². The molecule has 0 aliphatic rings. The van der Waals surface area contributed by atoms with Crippen molar-refractivity contribution in [2.75, 3.05) is 13.7 Å². The van der Waals surface area contributed by atoms with Crippen molar-refractivity contribution in [3.8, 4) is 0 Å². The molecular weight excluding hydrogens is 154 g/mol. The molecule has 0 aliphatic carbocycles. The molecule has 4 nitrogen and oxygen atoms in total. The fourth-order valence-electron chi connectivity index (χ4n) is 1.12. The van der Waals surface area contributed by atoms with E-state index < -0.39 is 0 Å². The fraction of sp³-hybridized carbons (Fsp3) is 0.625. The first-order valence-corrected chi connectivity index (χ1v) is 4.12. The largest absolute Gasteiger partial charge is 0.396 e. The van der Waals surface area contributed by atoms with Crippen LogP contribution in [0.2, 0.25) is 0 Å². The molecule has 68 valence electrons. The summed E-state index contributed by atoms with van der Waals surface area (Å²) in [6.07, 6.45) is 4.43. The standard InChI is InChI=1S/C8H15N3O/c1-9-8(3-6-12)7-11-5-2-4-10-11/h2,4-5,8-9,12H,3,6-7H2,1H3. The van der Waals surface area contributed by atoms with E-state index in [1.54, 1.807) is 6.20 Å². The van der Waals surface area contributed by atoms with Gasteiger partial charge in [-0.05, 0) is 19.5 Å². The lowest BCUT2D eigenvalue weighted by molar-refractivity contribution is 0.258. The number of nitrogens with one attached hydrogen (secondary N) is 1. The zero-order valence-corrected chi connectivity index (χ0v) is 7.27. The Morgan fingerprint density at radius 3 is 3.00 bits per heavy atom. The van der Waals surface area contributed by atoms with Gasteiger partial charge in [0.05, 0.1) is 6.54 Å². The highest BCUT2D eigenvalue weighted by molar-refractivity contribution is 4.79. The smallest absolute Gasteiger partial charge is 0.0563 e. The number of aliphatic hydroxyl groups excluding tert-OH is 1. The van der Waals surface area contributed by atoms with E-state index in [4.69, 9.17) is 5.11 Å². The zero-order chi connectivity index (χ0) is 8.81. The summed E-state index contributed by atoms with van der Waals surface area (Å²) in [5.41, 5.74) is 0. The molecule has 0 saturated carbocycles. The summed E-state index contributed by atoms with van der Waals surface area (Å²) in [6, 6.07) is 2.20. The topological polar surface area (TPSA) is 50.1 Å². The Morgan fingerprint density at radius 2 is 2.50 bits per heavy atom. The number of hydrogen-bond donors (Lipinski definition) is 2. The molecule has 1 rings (SSSR count). The van der Waals surface area contributed by atoms with Crippen LogP contribution in [-0.4, -0.2) is 34.6 Å². The predicted molar refractivity (Wildman–Crippen MR) is 46.8 cm³/mol. The van der Waals surface area contributed by atoms with Crippen LogP contribution in [0.5, 0.6) is 0 Å². The molecule has 12 heavy (non-hydrogen) atoms. The Labute approximate surface area is 72.2 Å². The molecule has 0 amide bonds. The van der Waals surface area contributed by atoms with Gasteiger partial charge in [-0.3, -0.25) is 4.68 Å². The highest BCUT2D eigenvalue weighted by Crippen LogP contribution is 1.94. The van der Waals surface area contributed by atoms with Gasteiger partial charge in [-0.25, -0.2) is 0 Å². The van der Waals surface area contributed by atoms with Crippen molar-refractivity contribution in [3.05, 3.63) is 18.5 Å². The Balaban J connectivity index is 2.37. The van der Waals surface area contributed by atoms with Gasteiger partial charge in [0.25, 0.3) is 0 Å². The van der Waals surface area contributed by atoms with Crippen LogP contribution in [0.25, 0.3) is 0 Å². The average Bonchev–Trinajstić information content (AvgIpc) is 2.56. The highest BCUT2D eigenvalue weighted by atomic mass is 16.3. The first kappa shape index (κ1) is 9.22. The molecule has 0 bridgehead atoms. The number of likely N-dealkylation sites (N-methyl/N-ethyl adjacent to an activating group) is 1. The summed E-state index contributed by atoms with van der Waals surface area (Å²) < 4.78 is 1.86. The maximum absolute atomic E-state index is 8.73.